The average Bonchev–Trinajstić information content (AvgIpc) is 2.81. The van der Waals surface area contributed by atoms with Crippen LogP contribution < -0.4 is 24.3 Å². The number of aromatic nitrogens is 2. The van der Waals surface area contributed by atoms with Crippen molar-refractivity contribution in [2.45, 2.75) is 27.2 Å². The van der Waals surface area contributed by atoms with Crippen LogP contribution in [-0.4, -0.2) is 37.1 Å². The van der Waals surface area contributed by atoms with Crippen molar-refractivity contribution >= 4 is 33.3 Å². The number of halogens is 1. The fraction of sp³-hybridized carbons (Fsp3) is 0.320. The first-order chi connectivity index (χ1) is 16.2. The van der Waals surface area contributed by atoms with E-state index in [1.54, 1.807) is 39.7 Å². The van der Waals surface area contributed by atoms with Gasteiger partial charge >= 0.3 is 0 Å². The van der Waals surface area contributed by atoms with Crippen LogP contribution in [0.25, 0.3) is 0 Å². The van der Waals surface area contributed by atoms with E-state index in [1.165, 1.54) is 0 Å². The first kappa shape index (κ1) is 25.3. The predicted molar refractivity (Wildman–Crippen MR) is 134 cm³/mol. The summed E-state index contributed by atoms with van der Waals surface area (Å²) in [6.45, 7) is 5.71. The second-order valence-corrected chi connectivity index (χ2v) is 9.30. The van der Waals surface area contributed by atoms with E-state index in [4.69, 9.17) is 18.9 Å². The van der Waals surface area contributed by atoms with E-state index >= 15 is 0 Å². The van der Waals surface area contributed by atoms with Gasteiger partial charge in [0.1, 0.15) is 11.5 Å². The first-order valence-electron chi connectivity index (χ1n) is 10.5. The van der Waals surface area contributed by atoms with Crippen LogP contribution in [-0.2, 0) is 11.2 Å². The number of methoxy groups -OCH3 is 3. The third kappa shape index (κ3) is 5.96. The maximum Gasteiger partial charge on any atom is 0.238 e. The molecule has 0 unspecified atom stereocenters. The minimum absolute atomic E-state index is 0.120. The minimum atomic E-state index is -0.444. The van der Waals surface area contributed by atoms with Crippen LogP contribution in [0.1, 0.15) is 26.3 Å². The first-order valence-corrected chi connectivity index (χ1v) is 11.3. The van der Waals surface area contributed by atoms with Crippen LogP contribution >= 0.6 is 15.9 Å². The van der Waals surface area contributed by atoms with Crippen molar-refractivity contribution in [2.75, 3.05) is 26.6 Å². The van der Waals surface area contributed by atoms with E-state index in [2.05, 4.69) is 31.2 Å². The van der Waals surface area contributed by atoms with Gasteiger partial charge in [0.25, 0.3) is 0 Å². The molecule has 0 radical (unpaired) electrons. The molecule has 0 fully saturated rings. The second kappa shape index (κ2) is 10.7. The highest BCUT2D eigenvalue weighted by atomic mass is 79.9. The highest BCUT2D eigenvalue weighted by Crippen LogP contribution is 2.40. The molecule has 9 heteroatoms. The van der Waals surface area contributed by atoms with E-state index in [0.717, 1.165) is 5.56 Å². The van der Waals surface area contributed by atoms with Gasteiger partial charge in [0.2, 0.25) is 17.6 Å². The van der Waals surface area contributed by atoms with Crippen LogP contribution in [0, 0.1) is 5.41 Å². The number of carbonyl (C=O) groups excluding carboxylic acids is 1. The summed E-state index contributed by atoms with van der Waals surface area (Å²) in [5.74, 6) is 2.76. The van der Waals surface area contributed by atoms with Gasteiger partial charge in [-0.3, -0.25) is 4.79 Å². The van der Waals surface area contributed by atoms with Gasteiger partial charge in [0.15, 0.2) is 11.5 Å². The van der Waals surface area contributed by atoms with Crippen molar-refractivity contribution in [2.24, 2.45) is 5.41 Å². The molecule has 3 aromatic rings. The Kier molecular flexibility index (Phi) is 7.98. The lowest BCUT2D eigenvalue weighted by Crippen LogP contribution is -2.22. The monoisotopic (exact) mass is 529 g/mol. The predicted octanol–water partition coefficient (Wildman–Crippen LogP) is 5.96. The maximum absolute atomic E-state index is 12.6. The van der Waals surface area contributed by atoms with Gasteiger partial charge in [0, 0.05) is 35.2 Å². The molecule has 0 aliphatic heterocycles. The number of hydrogen-bond acceptors (Lipinski definition) is 8. The molecule has 1 heterocycles. The summed E-state index contributed by atoms with van der Waals surface area (Å²) in [6.07, 6.45) is 1.85. The third-order valence-corrected chi connectivity index (χ3v) is 5.54. The summed E-state index contributed by atoms with van der Waals surface area (Å²) in [6, 6.07) is 10.9. The van der Waals surface area contributed by atoms with E-state index in [1.807, 2.05) is 45.0 Å². The van der Waals surface area contributed by atoms with Gasteiger partial charge in [-0.15, -0.1) is 0 Å². The molecule has 0 spiro atoms. The fourth-order valence-electron chi connectivity index (χ4n) is 3.06. The number of nitrogens with one attached hydrogen (secondary N) is 1. The van der Waals surface area contributed by atoms with Crippen LogP contribution in [0.15, 0.2) is 47.1 Å². The molecule has 1 N–H and O–H groups in total. The number of hydrogen-bond donors (Lipinski definition) is 1. The van der Waals surface area contributed by atoms with E-state index in [9.17, 15) is 4.79 Å². The van der Waals surface area contributed by atoms with Crippen LogP contribution in [0.5, 0.6) is 28.9 Å². The number of para-hydroxylation sites is 1. The molecular formula is C25H28BrN3O5. The summed E-state index contributed by atoms with van der Waals surface area (Å²) < 4.78 is 22.8. The van der Waals surface area contributed by atoms with E-state index in [-0.39, 0.29) is 12.2 Å². The molecule has 0 atom stereocenters. The molecule has 3 rings (SSSR count). The lowest BCUT2D eigenvalue weighted by atomic mass is 9.87. The lowest BCUT2D eigenvalue weighted by molar-refractivity contribution is -0.125. The van der Waals surface area contributed by atoms with Gasteiger partial charge in [0.05, 0.1) is 32.0 Å². The number of Topliss-reactive ketones (excluding diaryl/α,β-unsaturated/α-hetero) is 1. The second-order valence-electron chi connectivity index (χ2n) is 8.45. The highest BCUT2D eigenvalue weighted by molar-refractivity contribution is 9.10. The van der Waals surface area contributed by atoms with Gasteiger partial charge in [-0.1, -0.05) is 39.0 Å². The van der Waals surface area contributed by atoms with E-state index < -0.39 is 5.41 Å². The summed E-state index contributed by atoms with van der Waals surface area (Å²) in [5.41, 5.74) is 0.978. The van der Waals surface area contributed by atoms with Crippen LogP contribution in [0.4, 0.5) is 11.6 Å². The Morgan fingerprint density at radius 2 is 1.65 bits per heavy atom. The largest absolute Gasteiger partial charge is 0.493 e. The van der Waals surface area contributed by atoms with Gasteiger partial charge in [-0.05, 0) is 22.0 Å². The maximum atomic E-state index is 12.6. The van der Waals surface area contributed by atoms with Crippen LogP contribution in [0.3, 0.4) is 0 Å². The zero-order valence-electron chi connectivity index (χ0n) is 20.1. The number of anilines is 2. The highest BCUT2D eigenvalue weighted by Gasteiger charge is 2.23. The van der Waals surface area contributed by atoms with Crippen molar-refractivity contribution in [3.63, 3.8) is 0 Å². The minimum Gasteiger partial charge on any atom is -0.493 e. The Morgan fingerprint density at radius 3 is 2.24 bits per heavy atom. The molecule has 0 saturated carbocycles. The van der Waals surface area contributed by atoms with Gasteiger partial charge < -0.3 is 24.3 Å². The fourth-order valence-corrected chi connectivity index (χ4v) is 3.33. The average molecular weight is 530 g/mol. The molecule has 0 amide bonds. The number of rotatable bonds is 9. The molecule has 0 bridgehead atoms. The molecule has 0 aliphatic rings. The summed E-state index contributed by atoms with van der Waals surface area (Å²) in [4.78, 5) is 21.4. The Bertz CT molecular complexity index is 1150. The van der Waals surface area contributed by atoms with E-state index in [0.29, 0.717) is 45.0 Å². The number of ketones is 1. The van der Waals surface area contributed by atoms with Crippen molar-refractivity contribution in [3.05, 3.63) is 52.6 Å². The zero-order valence-corrected chi connectivity index (χ0v) is 21.6. The number of benzene rings is 2. The molecule has 180 valence electrons. The van der Waals surface area contributed by atoms with Crippen molar-refractivity contribution in [1.29, 1.82) is 0 Å². The van der Waals surface area contributed by atoms with Gasteiger partial charge in [-0.25, -0.2) is 4.98 Å². The summed E-state index contributed by atoms with van der Waals surface area (Å²) in [5, 5.41) is 3.13. The molecule has 1 aromatic heterocycles. The third-order valence-electron chi connectivity index (χ3n) is 5.00. The standard InChI is InChI=1S/C25H28BrN3O5/c1-25(2,3)21(30)11-15-9-7-8-10-18(15)34-23-17(26)14-27-24(29-23)28-16-12-19(31-4)22(33-6)20(13-16)32-5/h7-10,12-14H,11H2,1-6H3,(H,27,28,29). The molecule has 34 heavy (non-hydrogen) atoms. The molecule has 2 aromatic carbocycles. The van der Waals surface area contributed by atoms with Crippen molar-refractivity contribution in [3.8, 4) is 28.9 Å². The zero-order chi connectivity index (χ0) is 24.9. The molecule has 0 saturated heterocycles. The normalized spacial score (nSPS) is 11.0. The number of carbonyl (C=O) groups is 1. The van der Waals surface area contributed by atoms with Crippen molar-refractivity contribution < 1.29 is 23.7 Å². The quantitative estimate of drug-likeness (QED) is 0.363. The SMILES string of the molecule is COc1cc(Nc2ncc(Br)c(Oc3ccccc3CC(=O)C(C)(C)C)n2)cc(OC)c1OC. The van der Waals surface area contributed by atoms with Crippen molar-refractivity contribution in [1.82, 2.24) is 9.97 Å². The van der Waals surface area contributed by atoms with Crippen LogP contribution in [0.2, 0.25) is 0 Å². The number of ether oxygens (including phenoxy) is 4. The summed E-state index contributed by atoms with van der Waals surface area (Å²) >= 11 is 3.44. The number of nitrogens with zero attached hydrogens (tertiary/aromatic N) is 2. The lowest BCUT2D eigenvalue weighted by Gasteiger charge is -2.18. The molecule has 8 nitrogen and oxygen atoms in total. The summed E-state index contributed by atoms with van der Waals surface area (Å²) in [7, 11) is 4.64. The van der Waals surface area contributed by atoms with Gasteiger partial charge in [-0.2, -0.15) is 4.98 Å². The topological polar surface area (TPSA) is 91.8 Å². The Morgan fingerprint density at radius 1 is 1.00 bits per heavy atom. The molecular weight excluding hydrogens is 502 g/mol. The smallest absolute Gasteiger partial charge is 0.238 e. The molecule has 0 aliphatic carbocycles. The Labute approximate surface area is 207 Å². The Hall–Kier alpha value is -3.33. The Balaban J connectivity index is 1.88.